The first-order chi connectivity index (χ1) is 24.8. The fourth-order valence-electron chi connectivity index (χ4n) is 6.88. The van der Waals surface area contributed by atoms with E-state index >= 15 is 0 Å². The molecule has 2 N–H and O–H groups in total. The maximum absolute atomic E-state index is 5.32. The summed E-state index contributed by atoms with van der Waals surface area (Å²) in [6.45, 7) is 0. The molecule has 0 radical (unpaired) electrons. The molecule has 8 bridgehead atoms. The molecule has 0 saturated carbocycles. The van der Waals surface area contributed by atoms with Gasteiger partial charge in [-0.2, -0.15) is 0 Å². The Bertz CT molecular complexity index is 2470. The predicted molar refractivity (Wildman–Crippen MR) is 211 cm³/mol. The second-order valence-electron chi connectivity index (χ2n) is 12.4. The van der Waals surface area contributed by atoms with E-state index in [0.29, 0.717) is 0 Å². The highest BCUT2D eigenvalue weighted by Crippen LogP contribution is 2.36. The van der Waals surface area contributed by atoms with Crippen LogP contribution in [0.5, 0.6) is 0 Å². The quantitative estimate of drug-likeness (QED) is 0.197. The minimum Gasteiger partial charge on any atom is -0.354 e. The molecule has 0 unspecified atom stereocenters. The van der Waals surface area contributed by atoms with E-state index in [1.807, 2.05) is 18.2 Å². The number of aromatic nitrogens is 4. The van der Waals surface area contributed by atoms with Crippen LogP contribution in [0.1, 0.15) is 33.9 Å². The first-order valence-electron chi connectivity index (χ1n) is 16.8. The third-order valence-corrected chi connectivity index (χ3v) is 9.22. The van der Waals surface area contributed by atoms with Gasteiger partial charge in [0.1, 0.15) is 0 Å². The SMILES string of the molecule is C1=Cc2nc1c(/C=C/c1ccccc1)c1nc(c(-c3ccccc3)c3ccc([nH]3)c(-c3ccccc3)c3ccc([nH]3)c2-c2ccccc2)C=C1. The van der Waals surface area contributed by atoms with E-state index in [-0.39, 0.29) is 0 Å². The van der Waals surface area contributed by atoms with Crippen LogP contribution >= 0.6 is 0 Å². The number of rotatable bonds is 5. The topological polar surface area (TPSA) is 57.4 Å². The van der Waals surface area contributed by atoms with E-state index in [2.05, 4.69) is 174 Å². The first-order valence-corrected chi connectivity index (χ1v) is 16.8. The van der Waals surface area contributed by atoms with Crippen LogP contribution < -0.4 is 0 Å². The van der Waals surface area contributed by atoms with Gasteiger partial charge >= 0.3 is 0 Å². The normalized spacial score (nSPS) is 12.2. The molecule has 0 spiro atoms. The van der Waals surface area contributed by atoms with Gasteiger partial charge in [-0.1, -0.05) is 133 Å². The largest absolute Gasteiger partial charge is 0.354 e. The number of hydrogen-bond donors (Lipinski definition) is 2. The van der Waals surface area contributed by atoms with Crippen molar-refractivity contribution in [2.45, 2.75) is 0 Å². The van der Waals surface area contributed by atoms with Crippen LogP contribution in [0.15, 0.2) is 146 Å². The van der Waals surface area contributed by atoms with Gasteiger partial charge in [-0.25, -0.2) is 9.97 Å². The molecule has 7 aromatic rings. The maximum atomic E-state index is 5.32. The minimum absolute atomic E-state index is 0.865. The molecule has 50 heavy (non-hydrogen) atoms. The van der Waals surface area contributed by atoms with Crippen LogP contribution in [0.3, 0.4) is 0 Å². The van der Waals surface area contributed by atoms with Crippen LogP contribution in [0.25, 0.3) is 91.9 Å². The van der Waals surface area contributed by atoms with Crippen molar-refractivity contribution >= 4 is 58.5 Å². The predicted octanol–water partition coefficient (Wildman–Crippen LogP) is 11.8. The fraction of sp³-hybridized carbons (Fsp3) is 0. The molecule has 0 saturated heterocycles. The van der Waals surface area contributed by atoms with Crippen molar-refractivity contribution in [3.05, 3.63) is 179 Å². The molecule has 4 nitrogen and oxygen atoms in total. The lowest BCUT2D eigenvalue weighted by Gasteiger charge is -2.06. The molecule has 9 rings (SSSR count). The average molecular weight is 641 g/mol. The fourth-order valence-corrected chi connectivity index (χ4v) is 6.88. The second kappa shape index (κ2) is 12.7. The minimum atomic E-state index is 0.865. The number of aromatic amines is 2. The van der Waals surface area contributed by atoms with Crippen molar-refractivity contribution in [1.82, 2.24) is 19.9 Å². The van der Waals surface area contributed by atoms with Gasteiger partial charge in [0, 0.05) is 44.3 Å². The van der Waals surface area contributed by atoms with Gasteiger partial charge in [0.15, 0.2) is 0 Å². The Labute approximate surface area is 290 Å². The number of nitrogens with one attached hydrogen (secondary N) is 2. The zero-order valence-corrected chi connectivity index (χ0v) is 27.2. The van der Waals surface area contributed by atoms with E-state index < -0.39 is 0 Å². The van der Waals surface area contributed by atoms with Crippen molar-refractivity contribution in [1.29, 1.82) is 0 Å². The van der Waals surface area contributed by atoms with Crippen molar-refractivity contribution < 1.29 is 0 Å². The van der Waals surface area contributed by atoms with Gasteiger partial charge in [0.25, 0.3) is 0 Å². The monoisotopic (exact) mass is 640 g/mol. The highest BCUT2D eigenvalue weighted by molar-refractivity contribution is 5.99. The van der Waals surface area contributed by atoms with Crippen molar-refractivity contribution in [2.24, 2.45) is 0 Å². The summed E-state index contributed by atoms with van der Waals surface area (Å²) >= 11 is 0. The van der Waals surface area contributed by atoms with Crippen LogP contribution in [0, 0.1) is 0 Å². The average Bonchev–Trinajstić information content (AvgIpc) is 4.01. The Balaban J connectivity index is 1.44. The zero-order chi connectivity index (χ0) is 33.3. The molecule has 4 aromatic carbocycles. The van der Waals surface area contributed by atoms with Crippen LogP contribution in [0.2, 0.25) is 0 Å². The molecular formula is C46H32N4. The van der Waals surface area contributed by atoms with Crippen LogP contribution in [-0.4, -0.2) is 19.9 Å². The summed E-state index contributed by atoms with van der Waals surface area (Å²) in [6.07, 6.45) is 12.7. The van der Waals surface area contributed by atoms with Gasteiger partial charge < -0.3 is 9.97 Å². The van der Waals surface area contributed by atoms with Gasteiger partial charge in [-0.05, 0) is 70.8 Å². The summed E-state index contributed by atoms with van der Waals surface area (Å²) < 4.78 is 0. The summed E-state index contributed by atoms with van der Waals surface area (Å²) in [6, 6.07) is 50.6. The van der Waals surface area contributed by atoms with Crippen LogP contribution in [-0.2, 0) is 0 Å². The molecule has 0 aliphatic carbocycles. The lowest BCUT2D eigenvalue weighted by Crippen LogP contribution is -1.90. The van der Waals surface area contributed by atoms with E-state index in [0.717, 1.165) is 89.4 Å². The zero-order valence-electron chi connectivity index (χ0n) is 27.2. The standard InChI is InChI=1S/C46H32N4/c1-5-13-31(14-6-1)21-22-35-36-23-25-38(47-36)44(32-15-7-2-8-16-32)40-27-29-42(49-40)46(34-19-11-4-12-20-34)43-30-28-41(50-43)45(33-17-9-3-10-18-33)39-26-24-37(35)48-39/h1-30,49-50H/b22-21+,36-35?,37-35?,44-38?,44-40?,45-39?,45-41?,46-42?,46-43?. The molecule has 0 amide bonds. The maximum Gasteiger partial charge on any atom is 0.0737 e. The number of nitrogens with zero attached hydrogens (tertiary/aromatic N) is 2. The lowest BCUT2D eigenvalue weighted by molar-refractivity contribution is 1.26. The molecule has 2 aliphatic rings. The van der Waals surface area contributed by atoms with Gasteiger partial charge in [-0.15, -0.1) is 0 Å². The summed E-state index contributed by atoms with van der Waals surface area (Å²) in [5.74, 6) is 0. The highest BCUT2D eigenvalue weighted by atomic mass is 14.8. The Kier molecular flexibility index (Phi) is 7.45. The molecule has 5 heterocycles. The molecule has 236 valence electrons. The number of benzene rings is 4. The number of hydrogen-bond acceptors (Lipinski definition) is 2. The third kappa shape index (κ3) is 5.49. The Hall–Kier alpha value is -6.78. The van der Waals surface area contributed by atoms with Gasteiger partial charge in [0.2, 0.25) is 0 Å². The van der Waals surface area contributed by atoms with E-state index in [1.165, 1.54) is 0 Å². The molecule has 4 heteroatoms. The van der Waals surface area contributed by atoms with Crippen molar-refractivity contribution in [2.75, 3.05) is 0 Å². The smallest absolute Gasteiger partial charge is 0.0737 e. The third-order valence-electron chi connectivity index (χ3n) is 9.22. The van der Waals surface area contributed by atoms with Crippen molar-refractivity contribution in [3.63, 3.8) is 0 Å². The molecular weight excluding hydrogens is 609 g/mol. The van der Waals surface area contributed by atoms with Gasteiger partial charge in [-0.3, -0.25) is 0 Å². The van der Waals surface area contributed by atoms with Crippen LogP contribution in [0.4, 0.5) is 0 Å². The Morgan fingerprint density at radius 3 is 1.14 bits per heavy atom. The lowest BCUT2D eigenvalue weighted by atomic mass is 10.0. The second-order valence-corrected chi connectivity index (χ2v) is 12.4. The summed E-state index contributed by atoms with van der Waals surface area (Å²) in [7, 11) is 0. The van der Waals surface area contributed by atoms with E-state index in [1.54, 1.807) is 0 Å². The molecule has 0 fully saturated rings. The Morgan fingerprint density at radius 1 is 0.340 bits per heavy atom. The molecule has 3 aromatic heterocycles. The summed E-state index contributed by atoms with van der Waals surface area (Å²) in [5, 5.41) is 0. The van der Waals surface area contributed by atoms with E-state index in [9.17, 15) is 0 Å². The molecule has 2 aliphatic heterocycles. The van der Waals surface area contributed by atoms with Crippen molar-refractivity contribution in [3.8, 4) is 33.4 Å². The summed E-state index contributed by atoms with van der Waals surface area (Å²) in [5.41, 5.74) is 16.1. The first kappa shape index (κ1) is 29.4. The number of H-pyrrole nitrogens is 2. The Morgan fingerprint density at radius 2 is 0.700 bits per heavy atom. The van der Waals surface area contributed by atoms with Gasteiger partial charge in [0.05, 0.1) is 22.8 Å². The number of fused-ring (bicyclic) bond motifs is 8. The molecule has 0 atom stereocenters. The van der Waals surface area contributed by atoms with E-state index in [4.69, 9.17) is 9.97 Å². The summed E-state index contributed by atoms with van der Waals surface area (Å²) in [4.78, 5) is 18.3. The highest BCUT2D eigenvalue weighted by Gasteiger charge is 2.17.